The predicted octanol–water partition coefficient (Wildman–Crippen LogP) is 2.22. The number of hydrogen-bond donors (Lipinski definition) is 1. The van der Waals surface area contributed by atoms with Crippen molar-refractivity contribution in [3.8, 4) is 5.75 Å². The number of benzene rings is 1. The third kappa shape index (κ3) is 2.14. The fraction of sp³-hybridized carbons (Fsp3) is 0.455. The summed E-state index contributed by atoms with van der Waals surface area (Å²) in [6, 6.07) is 1.20. The van der Waals surface area contributed by atoms with E-state index in [2.05, 4.69) is 0 Å². The van der Waals surface area contributed by atoms with E-state index < -0.39 is 23.2 Å². The van der Waals surface area contributed by atoms with Crippen molar-refractivity contribution in [2.45, 2.75) is 12.8 Å². The molecule has 0 atom stereocenters. The first kappa shape index (κ1) is 11.3. The van der Waals surface area contributed by atoms with Crippen LogP contribution >= 0.6 is 0 Å². The lowest BCUT2D eigenvalue weighted by Gasteiger charge is -2.14. The molecule has 88 valence electrons. The summed E-state index contributed by atoms with van der Waals surface area (Å²) in [5, 5.41) is 0. The molecule has 5 heteroatoms. The highest BCUT2D eigenvalue weighted by atomic mass is 19.1. The van der Waals surface area contributed by atoms with Crippen LogP contribution in [0.4, 0.5) is 13.2 Å². The molecule has 1 saturated carbocycles. The van der Waals surface area contributed by atoms with Gasteiger partial charge in [0, 0.05) is 24.1 Å². The zero-order valence-electron chi connectivity index (χ0n) is 8.60. The molecule has 0 spiro atoms. The SMILES string of the molecule is NCC1(COc2c(F)cc(F)cc2F)CC1. The van der Waals surface area contributed by atoms with Crippen molar-refractivity contribution in [2.75, 3.05) is 13.2 Å². The third-order valence-electron chi connectivity index (χ3n) is 2.88. The van der Waals surface area contributed by atoms with E-state index in [1.54, 1.807) is 0 Å². The summed E-state index contributed by atoms with van der Waals surface area (Å²) >= 11 is 0. The highest BCUT2D eigenvalue weighted by molar-refractivity contribution is 5.27. The van der Waals surface area contributed by atoms with Gasteiger partial charge in [0.15, 0.2) is 17.4 Å². The molecule has 0 bridgehead atoms. The fourth-order valence-corrected chi connectivity index (χ4v) is 1.48. The van der Waals surface area contributed by atoms with Crippen molar-refractivity contribution in [1.29, 1.82) is 0 Å². The van der Waals surface area contributed by atoms with Crippen molar-refractivity contribution < 1.29 is 17.9 Å². The zero-order valence-corrected chi connectivity index (χ0v) is 8.60. The minimum Gasteiger partial charge on any atom is -0.487 e. The molecule has 0 radical (unpaired) electrons. The van der Waals surface area contributed by atoms with Gasteiger partial charge in [0.2, 0.25) is 0 Å². The summed E-state index contributed by atoms with van der Waals surface area (Å²) in [5.74, 6) is -3.53. The van der Waals surface area contributed by atoms with Crippen LogP contribution in [0.2, 0.25) is 0 Å². The molecule has 0 heterocycles. The first-order valence-corrected chi connectivity index (χ1v) is 5.04. The van der Waals surface area contributed by atoms with Gasteiger partial charge in [-0.05, 0) is 12.8 Å². The zero-order chi connectivity index (χ0) is 11.8. The van der Waals surface area contributed by atoms with Crippen LogP contribution in [-0.4, -0.2) is 13.2 Å². The molecule has 2 rings (SSSR count). The van der Waals surface area contributed by atoms with Crippen LogP contribution in [0.5, 0.6) is 5.75 Å². The van der Waals surface area contributed by atoms with Gasteiger partial charge in [-0.1, -0.05) is 0 Å². The Labute approximate surface area is 91.2 Å². The average molecular weight is 231 g/mol. The van der Waals surface area contributed by atoms with Gasteiger partial charge in [0.25, 0.3) is 0 Å². The normalized spacial score (nSPS) is 17.2. The van der Waals surface area contributed by atoms with Crippen LogP contribution in [0.25, 0.3) is 0 Å². The Balaban J connectivity index is 2.09. The van der Waals surface area contributed by atoms with Crippen molar-refractivity contribution >= 4 is 0 Å². The maximum absolute atomic E-state index is 13.2. The highest BCUT2D eigenvalue weighted by Gasteiger charge is 2.42. The second-order valence-electron chi connectivity index (χ2n) is 4.19. The summed E-state index contributed by atoms with van der Waals surface area (Å²) in [4.78, 5) is 0. The Hall–Kier alpha value is -1.23. The van der Waals surface area contributed by atoms with Gasteiger partial charge in [0.1, 0.15) is 5.82 Å². The van der Waals surface area contributed by atoms with Crippen molar-refractivity contribution in [1.82, 2.24) is 0 Å². The monoisotopic (exact) mass is 231 g/mol. The lowest BCUT2D eigenvalue weighted by atomic mass is 10.1. The van der Waals surface area contributed by atoms with E-state index in [9.17, 15) is 13.2 Å². The first-order valence-electron chi connectivity index (χ1n) is 5.04. The smallest absolute Gasteiger partial charge is 0.190 e. The van der Waals surface area contributed by atoms with E-state index in [0.29, 0.717) is 18.7 Å². The Morgan fingerprint density at radius 3 is 2.19 bits per heavy atom. The summed E-state index contributed by atoms with van der Waals surface area (Å²) in [5.41, 5.74) is 5.36. The Kier molecular flexibility index (Phi) is 2.80. The first-order chi connectivity index (χ1) is 7.56. The minimum atomic E-state index is -1.02. The van der Waals surface area contributed by atoms with E-state index in [0.717, 1.165) is 12.8 Å². The summed E-state index contributed by atoms with van der Waals surface area (Å²) in [7, 11) is 0. The molecule has 1 fully saturated rings. The molecule has 2 nitrogen and oxygen atoms in total. The van der Waals surface area contributed by atoms with Gasteiger partial charge in [-0.15, -0.1) is 0 Å². The number of hydrogen-bond acceptors (Lipinski definition) is 2. The third-order valence-corrected chi connectivity index (χ3v) is 2.88. The summed E-state index contributed by atoms with van der Waals surface area (Å²) in [6.45, 7) is 0.598. The Morgan fingerprint density at radius 2 is 1.75 bits per heavy atom. The molecule has 0 saturated heterocycles. The van der Waals surface area contributed by atoms with Gasteiger partial charge in [-0.25, -0.2) is 13.2 Å². The largest absolute Gasteiger partial charge is 0.487 e. The molecular formula is C11H12F3NO. The molecule has 0 amide bonds. The second-order valence-corrected chi connectivity index (χ2v) is 4.19. The van der Waals surface area contributed by atoms with Gasteiger partial charge in [-0.3, -0.25) is 0 Å². The lowest BCUT2D eigenvalue weighted by Crippen LogP contribution is -2.23. The van der Waals surface area contributed by atoms with E-state index in [-0.39, 0.29) is 12.0 Å². The second kappa shape index (κ2) is 3.97. The van der Waals surface area contributed by atoms with Crippen molar-refractivity contribution in [2.24, 2.45) is 11.1 Å². The molecule has 16 heavy (non-hydrogen) atoms. The average Bonchev–Trinajstić information content (AvgIpc) is 2.97. The number of rotatable bonds is 4. The van der Waals surface area contributed by atoms with Crippen molar-refractivity contribution in [3.05, 3.63) is 29.6 Å². The van der Waals surface area contributed by atoms with Crippen LogP contribution < -0.4 is 10.5 Å². The number of ether oxygens (including phenoxy) is 1. The number of nitrogens with two attached hydrogens (primary N) is 1. The molecule has 1 aromatic rings. The summed E-state index contributed by atoms with van der Waals surface area (Å²) in [6.07, 6.45) is 1.79. The molecule has 1 aromatic carbocycles. The van der Waals surface area contributed by atoms with Gasteiger partial charge >= 0.3 is 0 Å². The van der Waals surface area contributed by atoms with E-state index in [1.165, 1.54) is 0 Å². The minimum absolute atomic E-state index is 0.146. The predicted molar refractivity (Wildman–Crippen MR) is 52.5 cm³/mol. The standard InChI is InChI=1S/C11H12F3NO/c12-7-3-8(13)10(9(14)4-7)16-6-11(5-15)1-2-11/h3-4H,1-2,5-6,15H2. The van der Waals surface area contributed by atoms with E-state index in [1.807, 2.05) is 0 Å². The van der Waals surface area contributed by atoms with E-state index >= 15 is 0 Å². The summed E-state index contributed by atoms with van der Waals surface area (Å²) < 4.78 is 44.0. The molecule has 0 aliphatic heterocycles. The van der Waals surface area contributed by atoms with Crippen LogP contribution in [-0.2, 0) is 0 Å². The topological polar surface area (TPSA) is 35.2 Å². The highest BCUT2D eigenvalue weighted by Crippen LogP contribution is 2.45. The van der Waals surface area contributed by atoms with Crippen LogP contribution in [0.1, 0.15) is 12.8 Å². The molecular weight excluding hydrogens is 219 g/mol. The quantitative estimate of drug-likeness (QED) is 0.862. The molecule has 1 aliphatic carbocycles. The van der Waals surface area contributed by atoms with Crippen LogP contribution in [0.3, 0.4) is 0 Å². The maximum Gasteiger partial charge on any atom is 0.190 e. The van der Waals surface area contributed by atoms with Gasteiger partial charge < -0.3 is 10.5 Å². The van der Waals surface area contributed by atoms with Crippen LogP contribution in [0, 0.1) is 22.9 Å². The van der Waals surface area contributed by atoms with Crippen LogP contribution in [0.15, 0.2) is 12.1 Å². The molecule has 2 N–H and O–H groups in total. The maximum atomic E-state index is 13.2. The fourth-order valence-electron chi connectivity index (χ4n) is 1.48. The van der Waals surface area contributed by atoms with Gasteiger partial charge in [-0.2, -0.15) is 0 Å². The Bertz CT molecular complexity index is 381. The lowest BCUT2D eigenvalue weighted by molar-refractivity contribution is 0.219. The molecule has 0 unspecified atom stereocenters. The van der Waals surface area contributed by atoms with E-state index in [4.69, 9.17) is 10.5 Å². The Morgan fingerprint density at radius 1 is 1.19 bits per heavy atom. The van der Waals surface area contributed by atoms with Gasteiger partial charge in [0.05, 0.1) is 6.61 Å². The van der Waals surface area contributed by atoms with Crippen molar-refractivity contribution in [3.63, 3.8) is 0 Å². The molecule has 0 aromatic heterocycles. The molecule has 1 aliphatic rings. The number of halogens is 3.